The Kier molecular flexibility index (Phi) is 5.85. The maximum atomic E-state index is 13.2. The van der Waals surface area contributed by atoms with E-state index in [-0.39, 0.29) is 11.6 Å². The number of hydrogen-bond acceptors (Lipinski definition) is 5. The van der Waals surface area contributed by atoms with E-state index in [0.717, 1.165) is 36.1 Å². The van der Waals surface area contributed by atoms with Crippen molar-refractivity contribution in [2.45, 2.75) is 32.6 Å². The van der Waals surface area contributed by atoms with Crippen LogP contribution in [0.25, 0.3) is 0 Å². The van der Waals surface area contributed by atoms with Crippen molar-refractivity contribution in [3.63, 3.8) is 0 Å². The van der Waals surface area contributed by atoms with Crippen LogP contribution in [0.2, 0.25) is 0 Å². The Bertz CT molecular complexity index is 894. The van der Waals surface area contributed by atoms with Crippen molar-refractivity contribution in [1.29, 1.82) is 0 Å². The molecule has 2 aromatic rings. The second-order valence-electron chi connectivity index (χ2n) is 6.23. The van der Waals surface area contributed by atoms with Gasteiger partial charge < -0.3 is 15.4 Å². The molecule has 0 saturated heterocycles. The maximum absolute atomic E-state index is 13.2. The van der Waals surface area contributed by atoms with Crippen LogP contribution in [0.4, 0.5) is 15.1 Å². The number of aryl methyl sites for hydroxylation is 1. The summed E-state index contributed by atoms with van der Waals surface area (Å²) in [6.45, 7) is 0.875. The number of carbonyl (C=O) groups excluding carboxylic acids is 3. The molecule has 8 heteroatoms. The number of nitrogens with one attached hydrogen (secondary N) is 2. The minimum Gasteiger partial charge on any atom is -0.452 e. The Hall–Kier alpha value is -2.74. The van der Waals surface area contributed by atoms with Crippen molar-refractivity contribution >= 4 is 39.8 Å². The molecule has 0 radical (unpaired) electrons. The molecule has 0 spiro atoms. The molecule has 0 saturated carbocycles. The van der Waals surface area contributed by atoms with E-state index in [1.54, 1.807) is 0 Å². The number of halogens is 1. The minimum absolute atomic E-state index is 0.272. The Morgan fingerprint density at radius 2 is 1.96 bits per heavy atom. The van der Waals surface area contributed by atoms with Crippen LogP contribution in [0.15, 0.2) is 24.3 Å². The van der Waals surface area contributed by atoms with Crippen molar-refractivity contribution in [3.05, 3.63) is 46.1 Å². The molecule has 0 fully saturated rings. The standard InChI is InChI=1S/C19H19FN2O4S/c1-11(23)21-18-17(14-7-2-3-8-15(14)27-18)19(25)26-10-16(24)22-13-6-4-5-12(20)9-13/h4-6,9H,2-3,7-8,10H2,1H3,(H,21,23)(H,22,24). The van der Waals surface area contributed by atoms with E-state index in [1.807, 2.05) is 0 Å². The number of fused-ring (bicyclic) bond motifs is 1. The molecule has 1 aliphatic carbocycles. The van der Waals surface area contributed by atoms with Crippen molar-refractivity contribution in [2.24, 2.45) is 0 Å². The molecule has 1 heterocycles. The lowest BCUT2D eigenvalue weighted by molar-refractivity contribution is -0.119. The number of anilines is 2. The highest BCUT2D eigenvalue weighted by molar-refractivity contribution is 7.17. The fourth-order valence-electron chi connectivity index (χ4n) is 3.00. The monoisotopic (exact) mass is 390 g/mol. The molecule has 3 rings (SSSR count). The van der Waals surface area contributed by atoms with Gasteiger partial charge in [0.15, 0.2) is 6.61 Å². The summed E-state index contributed by atoms with van der Waals surface area (Å²) in [7, 11) is 0. The van der Waals surface area contributed by atoms with Gasteiger partial charge in [0.05, 0.1) is 5.56 Å². The first-order valence-corrected chi connectivity index (χ1v) is 9.40. The predicted octanol–water partition coefficient (Wildman–Crippen LogP) is 3.52. The summed E-state index contributed by atoms with van der Waals surface area (Å²) in [5, 5.41) is 5.61. The quantitative estimate of drug-likeness (QED) is 0.765. The minimum atomic E-state index is -0.646. The van der Waals surface area contributed by atoms with Crippen LogP contribution in [0.1, 0.15) is 40.6 Å². The Morgan fingerprint density at radius 1 is 1.19 bits per heavy atom. The zero-order valence-electron chi connectivity index (χ0n) is 14.8. The molecule has 6 nitrogen and oxygen atoms in total. The van der Waals surface area contributed by atoms with Gasteiger partial charge in [-0.15, -0.1) is 11.3 Å². The molecule has 1 aromatic heterocycles. The van der Waals surface area contributed by atoms with Crippen LogP contribution < -0.4 is 10.6 Å². The number of rotatable bonds is 5. The van der Waals surface area contributed by atoms with Crippen LogP contribution >= 0.6 is 11.3 Å². The van der Waals surface area contributed by atoms with Gasteiger partial charge in [-0.3, -0.25) is 9.59 Å². The second-order valence-corrected chi connectivity index (χ2v) is 7.34. The number of ether oxygens (including phenoxy) is 1. The molecule has 2 amide bonds. The van der Waals surface area contributed by atoms with E-state index in [0.29, 0.717) is 10.6 Å². The van der Waals surface area contributed by atoms with Gasteiger partial charge in [-0.2, -0.15) is 0 Å². The molecule has 1 aliphatic rings. The topological polar surface area (TPSA) is 84.5 Å². The number of carbonyl (C=O) groups is 3. The van der Waals surface area contributed by atoms with E-state index in [4.69, 9.17) is 4.74 Å². The molecule has 142 valence electrons. The summed E-state index contributed by atoms with van der Waals surface area (Å²) in [6.07, 6.45) is 3.60. The Balaban J connectivity index is 1.69. The van der Waals surface area contributed by atoms with Gasteiger partial charge >= 0.3 is 5.97 Å². The first-order chi connectivity index (χ1) is 12.9. The average Bonchev–Trinajstić information content (AvgIpc) is 2.96. The Labute approximate surface area is 159 Å². The van der Waals surface area contributed by atoms with Gasteiger partial charge in [0.2, 0.25) is 5.91 Å². The highest BCUT2D eigenvalue weighted by Gasteiger charge is 2.27. The van der Waals surface area contributed by atoms with Gasteiger partial charge in [-0.25, -0.2) is 9.18 Å². The van der Waals surface area contributed by atoms with E-state index in [9.17, 15) is 18.8 Å². The lowest BCUT2D eigenvalue weighted by atomic mass is 9.95. The molecule has 0 atom stereocenters. The summed E-state index contributed by atoms with van der Waals surface area (Å²) in [5.41, 5.74) is 1.51. The van der Waals surface area contributed by atoms with Gasteiger partial charge in [0, 0.05) is 17.5 Å². The number of amides is 2. The predicted molar refractivity (Wildman–Crippen MR) is 101 cm³/mol. The van der Waals surface area contributed by atoms with Crippen LogP contribution in [-0.4, -0.2) is 24.4 Å². The number of hydrogen-bond donors (Lipinski definition) is 2. The normalized spacial score (nSPS) is 12.8. The van der Waals surface area contributed by atoms with Crippen LogP contribution in [0.5, 0.6) is 0 Å². The van der Waals surface area contributed by atoms with Crippen molar-refractivity contribution in [3.8, 4) is 0 Å². The zero-order chi connectivity index (χ0) is 19.4. The van der Waals surface area contributed by atoms with Gasteiger partial charge in [0.25, 0.3) is 5.91 Å². The van der Waals surface area contributed by atoms with Crippen LogP contribution in [0, 0.1) is 5.82 Å². The fourth-order valence-corrected chi connectivity index (χ4v) is 4.32. The van der Waals surface area contributed by atoms with Gasteiger partial charge in [-0.1, -0.05) is 6.07 Å². The lowest BCUT2D eigenvalue weighted by Crippen LogP contribution is -2.22. The summed E-state index contributed by atoms with van der Waals surface area (Å²) in [5.74, 6) is -1.96. The number of benzene rings is 1. The maximum Gasteiger partial charge on any atom is 0.341 e. The van der Waals surface area contributed by atoms with E-state index in [1.165, 1.54) is 42.5 Å². The lowest BCUT2D eigenvalue weighted by Gasteiger charge is -2.13. The summed E-state index contributed by atoms with van der Waals surface area (Å²) >= 11 is 1.38. The SMILES string of the molecule is CC(=O)Nc1sc2c(c1C(=O)OCC(=O)Nc1cccc(F)c1)CCCC2. The second kappa shape index (κ2) is 8.30. The van der Waals surface area contributed by atoms with Crippen LogP contribution in [-0.2, 0) is 27.2 Å². The number of esters is 1. The summed E-state index contributed by atoms with van der Waals surface area (Å²) < 4.78 is 18.3. The van der Waals surface area contributed by atoms with Gasteiger partial charge in [-0.05, 0) is 49.4 Å². The molecular weight excluding hydrogens is 371 g/mol. The molecule has 0 unspecified atom stereocenters. The molecular formula is C19H19FN2O4S. The fraction of sp³-hybridized carbons (Fsp3) is 0.316. The zero-order valence-corrected chi connectivity index (χ0v) is 15.6. The number of thiophene rings is 1. The average molecular weight is 390 g/mol. The molecule has 1 aromatic carbocycles. The van der Waals surface area contributed by atoms with E-state index in [2.05, 4.69) is 10.6 Å². The third-order valence-corrected chi connectivity index (χ3v) is 5.31. The summed E-state index contributed by atoms with van der Waals surface area (Å²) in [6, 6.07) is 5.43. The first-order valence-electron chi connectivity index (χ1n) is 8.58. The van der Waals surface area contributed by atoms with E-state index >= 15 is 0 Å². The molecule has 0 aliphatic heterocycles. The summed E-state index contributed by atoms with van der Waals surface area (Å²) in [4.78, 5) is 37.1. The van der Waals surface area contributed by atoms with Crippen molar-refractivity contribution in [1.82, 2.24) is 0 Å². The van der Waals surface area contributed by atoms with Gasteiger partial charge in [0.1, 0.15) is 10.8 Å². The molecule has 2 N–H and O–H groups in total. The van der Waals surface area contributed by atoms with Crippen LogP contribution in [0.3, 0.4) is 0 Å². The molecule has 27 heavy (non-hydrogen) atoms. The first kappa shape index (κ1) is 19.0. The third-order valence-electron chi connectivity index (χ3n) is 4.11. The Morgan fingerprint density at radius 3 is 2.70 bits per heavy atom. The van der Waals surface area contributed by atoms with Crippen molar-refractivity contribution in [2.75, 3.05) is 17.2 Å². The smallest absolute Gasteiger partial charge is 0.341 e. The largest absolute Gasteiger partial charge is 0.452 e. The third kappa shape index (κ3) is 4.71. The van der Waals surface area contributed by atoms with E-state index < -0.39 is 24.3 Å². The molecule has 0 bridgehead atoms. The van der Waals surface area contributed by atoms with Crippen molar-refractivity contribution < 1.29 is 23.5 Å². The highest BCUT2D eigenvalue weighted by Crippen LogP contribution is 2.38. The highest BCUT2D eigenvalue weighted by atomic mass is 32.1.